The summed E-state index contributed by atoms with van der Waals surface area (Å²) in [5.74, 6) is 0.225. The minimum absolute atomic E-state index is 0.0912. The van der Waals surface area contributed by atoms with Gasteiger partial charge in [0.05, 0.1) is 11.7 Å². The topological polar surface area (TPSA) is 35.5 Å². The number of unbranched alkanes of at least 4 members (excludes halogenated alkanes) is 14. The van der Waals surface area contributed by atoms with Crippen molar-refractivity contribution >= 4 is 5.97 Å². The fourth-order valence-electron chi connectivity index (χ4n) is 5.67. The van der Waals surface area contributed by atoms with Gasteiger partial charge in [-0.3, -0.25) is 0 Å². The number of benzene rings is 3. The number of ether oxygens (including phenoxy) is 2. The summed E-state index contributed by atoms with van der Waals surface area (Å²) in [6, 6.07) is 24.1. The molecule has 1 atom stereocenters. The second kappa shape index (κ2) is 21.7. The van der Waals surface area contributed by atoms with Crippen LogP contribution >= 0.6 is 0 Å². The van der Waals surface area contributed by atoms with Crippen LogP contribution in [-0.2, 0) is 11.2 Å². The molecule has 3 aromatic rings. The van der Waals surface area contributed by atoms with Gasteiger partial charge in [-0.2, -0.15) is 0 Å². The Hall–Kier alpha value is -2.91. The van der Waals surface area contributed by atoms with Gasteiger partial charge in [0.1, 0.15) is 5.75 Å². The predicted octanol–water partition coefficient (Wildman–Crippen LogP) is 12.5. The van der Waals surface area contributed by atoms with Crippen LogP contribution in [-0.4, -0.2) is 12.6 Å². The van der Waals surface area contributed by atoms with Crippen LogP contribution in [0.15, 0.2) is 72.8 Å². The Balaban J connectivity index is 1.28. The largest absolute Gasteiger partial charge is 0.423 e. The van der Waals surface area contributed by atoms with Gasteiger partial charge in [-0.05, 0) is 72.7 Å². The third-order valence-electron chi connectivity index (χ3n) is 8.65. The van der Waals surface area contributed by atoms with Crippen LogP contribution in [0.4, 0.5) is 0 Å². The summed E-state index contributed by atoms with van der Waals surface area (Å²) in [5.41, 5.74) is 5.25. The van der Waals surface area contributed by atoms with E-state index in [2.05, 4.69) is 45.0 Å². The molecule has 44 heavy (non-hydrogen) atoms. The van der Waals surface area contributed by atoms with Crippen molar-refractivity contribution in [3.63, 3.8) is 0 Å². The van der Waals surface area contributed by atoms with E-state index in [1.165, 1.54) is 94.6 Å². The highest BCUT2D eigenvalue weighted by atomic mass is 16.5. The Bertz CT molecular complexity index is 1150. The number of carbonyl (C=O) groups is 1. The number of carbonyl (C=O) groups excluding carboxylic acids is 1. The number of esters is 1. The first kappa shape index (κ1) is 35.6. The Labute approximate surface area is 268 Å². The third-order valence-corrected chi connectivity index (χ3v) is 8.65. The lowest BCUT2D eigenvalue weighted by Gasteiger charge is -2.14. The van der Waals surface area contributed by atoms with Gasteiger partial charge in [-0.25, -0.2) is 4.79 Å². The van der Waals surface area contributed by atoms with Crippen LogP contribution in [0.3, 0.4) is 0 Å². The van der Waals surface area contributed by atoms with Gasteiger partial charge in [-0.15, -0.1) is 0 Å². The van der Waals surface area contributed by atoms with Gasteiger partial charge in [0.2, 0.25) is 0 Å². The van der Waals surface area contributed by atoms with Crippen molar-refractivity contribution in [1.82, 2.24) is 0 Å². The standard InChI is InChI=1S/C41H58O3/c1-4-6-8-9-10-11-12-13-14-15-16-17-18-19-33-43-34(3)36-25-27-37(28-26-36)38-29-31-40(32-30-38)44-41(42)39-23-21-35(22-24-39)20-7-5-2/h21-32,34H,4-20,33H2,1-3H3. The summed E-state index contributed by atoms with van der Waals surface area (Å²) in [5, 5.41) is 0. The molecule has 3 heteroatoms. The van der Waals surface area contributed by atoms with Gasteiger partial charge in [0.25, 0.3) is 0 Å². The molecule has 0 saturated heterocycles. The Morgan fingerprint density at radius 3 is 1.57 bits per heavy atom. The molecule has 0 N–H and O–H groups in total. The summed E-state index contributed by atoms with van der Waals surface area (Å²) < 4.78 is 11.8. The zero-order chi connectivity index (χ0) is 31.2. The van der Waals surface area contributed by atoms with Crippen LogP contribution in [0.1, 0.15) is 151 Å². The predicted molar refractivity (Wildman–Crippen MR) is 187 cm³/mol. The molecular weight excluding hydrogens is 540 g/mol. The van der Waals surface area contributed by atoms with Crippen LogP contribution in [0.5, 0.6) is 5.75 Å². The molecule has 3 aromatic carbocycles. The molecule has 240 valence electrons. The summed E-state index contributed by atoms with van der Waals surface area (Å²) in [6.07, 6.45) is 22.7. The quantitative estimate of drug-likeness (QED) is 0.0619. The van der Waals surface area contributed by atoms with Gasteiger partial charge in [-0.1, -0.05) is 152 Å². The van der Waals surface area contributed by atoms with E-state index in [-0.39, 0.29) is 12.1 Å². The zero-order valence-corrected chi connectivity index (χ0v) is 28.0. The van der Waals surface area contributed by atoms with Crippen molar-refractivity contribution in [2.45, 2.75) is 136 Å². The molecule has 0 aliphatic carbocycles. The van der Waals surface area contributed by atoms with Gasteiger partial charge in [0.15, 0.2) is 0 Å². The Morgan fingerprint density at radius 2 is 1.05 bits per heavy atom. The highest BCUT2D eigenvalue weighted by Crippen LogP contribution is 2.26. The zero-order valence-electron chi connectivity index (χ0n) is 28.0. The van der Waals surface area contributed by atoms with Crippen LogP contribution < -0.4 is 4.74 Å². The van der Waals surface area contributed by atoms with Crippen LogP contribution in [0.2, 0.25) is 0 Å². The normalized spacial score (nSPS) is 11.9. The average molecular weight is 599 g/mol. The molecule has 0 heterocycles. The summed E-state index contributed by atoms with van der Waals surface area (Å²) in [4.78, 5) is 12.6. The van der Waals surface area contributed by atoms with Crippen LogP contribution in [0, 0.1) is 0 Å². The molecule has 0 bridgehead atoms. The van der Waals surface area contributed by atoms with Crippen molar-refractivity contribution in [3.8, 4) is 16.9 Å². The molecule has 0 saturated carbocycles. The second-order valence-electron chi connectivity index (χ2n) is 12.4. The highest BCUT2D eigenvalue weighted by Gasteiger charge is 2.10. The molecule has 0 aromatic heterocycles. The maximum atomic E-state index is 12.6. The first-order chi connectivity index (χ1) is 21.6. The fourth-order valence-corrected chi connectivity index (χ4v) is 5.67. The van der Waals surface area contributed by atoms with Gasteiger partial charge < -0.3 is 9.47 Å². The molecule has 3 rings (SSSR count). The van der Waals surface area contributed by atoms with E-state index in [9.17, 15) is 4.79 Å². The molecule has 1 unspecified atom stereocenters. The maximum absolute atomic E-state index is 12.6. The lowest BCUT2D eigenvalue weighted by molar-refractivity contribution is 0.0627. The molecule has 3 nitrogen and oxygen atoms in total. The lowest BCUT2D eigenvalue weighted by atomic mass is 10.0. The SMILES string of the molecule is CCCCCCCCCCCCCCCCOC(C)c1ccc(-c2ccc(OC(=O)c3ccc(CCCC)cc3)cc2)cc1. The highest BCUT2D eigenvalue weighted by molar-refractivity contribution is 5.91. The molecule has 0 fully saturated rings. The molecule has 0 spiro atoms. The average Bonchev–Trinajstić information content (AvgIpc) is 3.06. The Morgan fingerprint density at radius 1 is 0.568 bits per heavy atom. The van der Waals surface area contributed by atoms with Crippen LogP contribution in [0.25, 0.3) is 11.1 Å². The minimum atomic E-state index is -0.327. The monoisotopic (exact) mass is 598 g/mol. The molecule has 0 aliphatic rings. The molecule has 0 radical (unpaired) electrons. The fraction of sp³-hybridized carbons (Fsp3) is 0.537. The second-order valence-corrected chi connectivity index (χ2v) is 12.4. The van der Waals surface area contributed by atoms with E-state index in [0.717, 1.165) is 43.4 Å². The van der Waals surface area contributed by atoms with Crippen molar-refractivity contribution in [1.29, 1.82) is 0 Å². The summed E-state index contributed by atoms with van der Waals surface area (Å²) in [6.45, 7) is 7.43. The van der Waals surface area contributed by atoms with E-state index in [4.69, 9.17) is 9.47 Å². The smallest absolute Gasteiger partial charge is 0.343 e. The van der Waals surface area contributed by atoms with Gasteiger partial charge in [0, 0.05) is 6.61 Å². The van der Waals surface area contributed by atoms with E-state index in [1.807, 2.05) is 48.5 Å². The maximum Gasteiger partial charge on any atom is 0.343 e. The number of hydrogen-bond acceptors (Lipinski definition) is 3. The summed E-state index contributed by atoms with van der Waals surface area (Å²) >= 11 is 0. The number of rotatable bonds is 23. The first-order valence-electron chi connectivity index (χ1n) is 17.7. The number of hydrogen-bond donors (Lipinski definition) is 0. The molecule has 0 aliphatic heterocycles. The molecular formula is C41H58O3. The van der Waals surface area contributed by atoms with Crippen molar-refractivity contribution in [2.24, 2.45) is 0 Å². The minimum Gasteiger partial charge on any atom is -0.423 e. The van der Waals surface area contributed by atoms with Crippen molar-refractivity contribution in [3.05, 3.63) is 89.5 Å². The first-order valence-corrected chi connectivity index (χ1v) is 17.7. The van der Waals surface area contributed by atoms with Crippen molar-refractivity contribution < 1.29 is 14.3 Å². The summed E-state index contributed by atoms with van der Waals surface area (Å²) in [7, 11) is 0. The van der Waals surface area contributed by atoms with E-state index in [1.54, 1.807) is 0 Å². The van der Waals surface area contributed by atoms with Gasteiger partial charge >= 0.3 is 5.97 Å². The van der Waals surface area contributed by atoms with E-state index < -0.39 is 0 Å². The van der Waals surface area contributed by atoms with E-state index in [0.29, 0.717) is 11.3 Å². The third kappa shape index (κ3) is 13.8. The number of aryl methyl sites for hydroxylation is 1. The molecule has 0 amide bonds. The van der Waals surface area contributed by atoms with E-state index >= 15 is 0 Å². The lowest BCUT2D eigenvalue weighted by Crippen LogP contribution is -2.08. The Kier molecular flexibility index (Phi) is 17.6. The van der Waals surface area contributed by atoms with Crippen molar-refractivity contribution in [2.75, 3.05) is 6.61 Å².